The van der Waals surface area contributed by atoms with E-state index in [2.05, 4.69) is 48.1 Å². The summed E-state index contributed by atoms with van der Waals surface area (Å²) in [5.41, 5.74) is -1.37. The van der Waals surface area contributed by atoms with Crippen molar-refractivity contribution in [3.8, 4) is 0 Å². The zero-order valence-corrected chi connectivity index (χ0v) is 25.9. The fraction of sp³-hybridized carbons (Fsp3) is 0.848. The monoisotopic (exact) mass is 550 g/mol. The van der Waals surface area contributed by atoms with Crippen molar-refractivity contribution in [2.45, 2.75) is 137 Å². The van der Waals surface area contributed by atoms with Crippen LogP contribution in [0.1, 0.15) is 131 Å². The molecule has 4 unspecified atom stereocenters. The number of carbonyl (C=O) groups is 3. The summed E-state index contributed by atoms with van der Waals surface area (Å²) >= 11 is 0. The van der Waals surface area contributed by atoms with Crippen LogP contribution in [0.3, 0.4) is 0 Å². The lowest BCUT2D eigenvalue weighted by Crippen LogP contribution is -2.48. The van der Waals surface area contributed by atoms with E-state index in [-0.39, 0.29) is 30.6 Å². The fourth-order valence-electron chi connectivity index (χ4n) is 5.83. The summed E-state index contributed by atoms with van der Waals surface area (Å²) in [6.45, 7) is 17.3. The molecule has 1 fully saturated rings. The van der Waals surface area contributed by atoms with Crippen LogP contribution < -0.4 is 0 Å². The summed E-state index contributed by atoms with van der Waals surface area (Å²) in [5.74, 6) is 0.172. The van der Waals surface area contributed by atoms with E-state index < -0.39 is 17.5 Å². The minimum Gasteiger partial charge on any atom is -0.465 e. The van der Waals surface area contributed by atoms with Gasteiger partial charge in [0.15, 0.2) is 0 Å². The molecule has 0 heterocycles. The zero-order chi connectivity index (χ0) is 29.3. The predicted octanol–water partition coefficient (Wildman–Crippen LogP) is 8.22. The summed E-state index contributed by atoms with van der Waals surface area (Å²) in [5, 5.41) is 0. The van der Waals surface area contributed by atoms with Gasteiger partial charge in [-0.15, -0.1) is 0 Å². The molecule has 1 aliphatic carbocycles. The number of rotatable bonds is 20. The van der Waals surface area contributed by atoms with Gasteiger partial charge in [-0.1, -0.05) is 99.5 Å². The first kappa shape index (κ1) is 35.2. The first-order valence-corrected chi connectivity index (χ1v) is 15.8. The van der Waals surface area contributed by atoms with Crippen LogP contribution >= 0.6 is 0 Å². The van der Waals surface area contributed by atoms with Gasteiger partial charge >= 0.3 is 17.9 Å². The van der Waals surface area contributed by atoms with Gasteiger partial charge in [0.25, 0.3) is 0 Å². The Morgan fingerprint density at radius 2 is 1.33 bits per heavy atom. The third-order valence-electron chi connectivity index (χ3n) is 8.53. The van der Waals surface area contributed by atoms with E-state index in [0.29, 0.717) is 43.8 Å². The maximum absolute atomic E-state index is 13.3. The lowest BCUT2D eigenvalue weighted by molar-refractivity contribution is -0.187. The summed E-state index contributed by atoms with van der Waals surface area (Å²) in [6.07, 6.45) is 14.0. The lowest BCUT2D eigenvalue weighted by atomic mass is 9.78. The summed E-state index contributed by atoms with van der Waals surface area (Å²) in [6, 6.07) is 0. The Bertz CT molecular complexity index is 724. The van der Waals surface area contributed by atoms with E-state index in [0.717, 1.165) is 31.8 Å². The van der Waals surface area contributed by atoms with E-state index in [1.54, 1.807) is 0 Å². The number of esters is 3. The smallest absolute Gasteiger partial charge is 0.350 e. The van der Waals surface area contributed by atoms with Crippen LogP contribution in [0.5, 0.6) is 0 Å². The minimum absolute atomic E-state index is 0.216. The number of carbonyl (C=O) groups excluding carboxylic acids is 3. The van der Waals surface area contributed by atoms with E-state index in [4.69, 9.17) is 14.2 Å². The summed E-state index contributed by atoms with van der Waals surface area (Å²) < 4.78 is 17.0. The molecule has 6 nitrogen and oxygen atoms in total. The molecule has 1 saturated carbocycles. The Kier molecular flexibility index (Phi) is 17.4. The molecule has 0 N–H and O–H groups in total. The Balaban J connectivity index is 2.65. The quantitative estimate of drug-likeness (QED) is 0.0863. The molecule has 1 rings (SSSR count). The molecule has 1 aliphatic rings. The first-order chi connectivity index (χ1) is 18.6. The molecule has 0 radical (unpaired) electrons. The SMILES string of the molecule is C=CC(=O)OC1(C(=O)OCC(C)CC(CC)CCCC)CCC(C(=O)OCC(C)CC(CC)CCCC)CC1. The van der Waals surface area contributed by atoms with E-state index in [1.807, 2.05) is 0 Å². The molecule has 6 heteroatoms. The molecule has 0 aromatic carbocycles. The third-order valence-corrected chi connectivity index (χ3v) is 8.53. The van der Waals surface area contributed by atoms with Crippen LogP contribution in [0.15, 0.2) is 12.7 Å². The van der Waals surface area contributed by atoms with Gasteiger partial charge in [0.05, 0.1) is 19.1 Å². The molecule has 0 aromatic rings. The van der Waals surface area contributed by atoms with Crippen LogP contribution in [0, 0.1) is 29.6 Å². The Morgan fingerprint density at radius 1 is 0.846 bits per heavy atom. The third kappa shape index (κ3) is 12.9. The second kappa shape index (κ2) is 19.3. The van der Waals surface area contributed by atoms with Crippen molar-refractivity contribution in [1.29, 1.82) is 0 Å². The molecule has 4 atom stereocenters. The van der Waals surface area contributed by atoms with Crippen molar-refractivity contribution in [2.24, 2.45) is 29.6 Å². The Hall–Kier alpha value is -1.85. The molecule has 0 aliphatic heterocycles. The number of hydrogen-bond acceptors (Lipinski definition) is 6. The number of hydrogen-bond donors (Lipinski definition) is 0. The average Bonchev–Trinajstić information content (AvgIpc) is 2.94. The molecular weight excluding hydrogens is 492 g/mol. The molecule has 39 heavy (non-hydrogen) atoms. The Morgan fingerprint density at radius 3 is 1.77 bits per heavy atom. The number of unbranched alkanes of at least 4 members (excludes halogenated alkanes) is 2. The van der Waals surface area contributed by atoms with Gasteiger partial charge in [0.1, 0.15) is 0 Å². The van der Waals surface area contributed by atoms with Crippen molar-refractivity contribution in [3.63, 3.8) is 0 Å². The van der Waals surface area contributed by atoms with E-state index >= 15 is 0 Å². The second-order valence-corrected chi connectivity index (χ2v) is 12.1. The minimum atomic E-state index is -1.37. The standard InChI is InChI=1S/C33H58O6/c1-8-13-15-27(10-3)21-25(6)23-37-31(35)29-17-19-33(20-18-29,39-30(34)12-5)32(36)38-24-26(7)22-28(11-4)16-14-9-2/h12,25-29H,5,8-11,13-24H2,1-4,6-7H3. The molecule has 0 aromatic heterocycles. The van der Waals surface area contributed by atoms with Crippen LogP contribution in [-0.4, -0.2) is 36.7 Å². The fourth-order valence-corrected chi connectivity index (χ4v) is 5.83. The van der Waals surface area contributed by atoms with Crippen LogP contribution in [0.25, 0.3) is 0 Å². The molecule has 0 bridgehead atoms. The molecule has 0 saturated heterocycles. The highest BCUT2D eigenvalue weighted by atomic mass is 16.6. The van der Waals surface area contributed by atoms with Gasteiger partial charge in [0, 0.05) is 6.08 Å². The van der Waals surface area contributed by atoms with Crippen LogP contribution in [-0.2, 0) is 28.6 Å². The van der Waals surface area contributed by atoms with Gasteiger partial charge in [0.2, 0.25) is 5.60 Å². The summed E-state index contributed by atoms with van der Waals surface area (Å²) in [7, 11) is 0. The average molecular weight is 551 g/mol. The van der Waals surface area contributed by atoms with Gasteiger partial charge in [-0.05, 0) is 62.2 Å². The largest absolute Gasteiger partial charge is 0.465 e. The number of ether oxygens (including phenoxy) is 3. The molecular formula is C33H58O6. The second-order valence-electron chi connectivity index (χ2n) is 12.1. The van der Waals surface area contributed by atoms with E-state index in [1.165, 1.54) is 38.5 Å². The van der Waals surface area contributed by atoms with Gasteiger partial charge in [-0.25, -0.2) is 9.59 Å². The molecule has 226 valence electrons. The van der Waals surface area contributed by atoms with Gasteiger partial charge < -0.3 is 14.2 Å². The highest BCUT2D eigenvalue weighted by Gasteiger charge is 2.48. The zero-order valence-electron chi connectivity index (χ0n) is 25.9. The van der Waals surface area contributed by atoms with Crippen molar-refractivity contribution in [2.75, 3.05) is 13.2 Å². The van der Waals surface area contributed by atoms with Gasteiger partial charge in [-0.3, -0.25) is 4.79 Å². The van der Waals surface area contributed by atoms with Crippen LogP contribution in [0.2, 0.25) is 0 Å². The highest BCUT2D eigenvalue weighted by Crippen LogP contribution is 2.37. The Labute approximate surface area is 239 Å². The summed E-state index contributed by atoms with van der Waals surface area (Å²) in [4.78, 5) is 38.2. The molecule has 0 amide bonds. The maximum Gasteiger partial charge on any atom is 0.350 e. The van der Waals surface area contributed by atoms with Crippen molar-refractivity contribution in [3.05, 3.63) is 12.7 Å². The van der Waals surface area contributed by atoms with Gasteiger partial charge in [-0.2, -0.15) is 0 Å². The maximum atomic E-state index is 13.3. The van der Waals surface area contributed by atoms with Crippen LogP contribution in [0.4, 0.5) is 0 Å². The topological polar surface area (TPSA) is 78.9 Å². The lowest BCUT2D eigenvalue weighted by Gasteiger charge is -2.36. The normalized spacial score (nSPS) is 22.3. The molecule has 0 spiro atoms. The highest BCUT2D eigenvalue weighted by molar-refractivity contribution is 5.88. The predicted molar refractivity (Wildman–Crippen MR) is 157 cm³/mol. The van der Waals surface area contributed by atoms with E-state index in [9.17, 15) is 14.4 Å². The van der Waals surface area contributed by atoms with Crippen molar-refractivity contribution >= 4 is 17.9 Å². The van der Waals surface area contributed by atoms with Crippen molar-refractivity contribution in [1.82, 2.24) is 0 Å². The first-order valence-electron chi connectivity index (χ1n) is 15.8. The van der Waals surface area contributed by atoms with Crippen molar-refractivity contribution < 1.29 is 28.6 Å².